The number of fused-ring (bicyclic) bond motifs is 8. The number of para-hydroxylation sites is 6. The maximum Gasteiger partial charge on any atom is 0.506 e. The molecule has 9 heteroatoms. The van der Waals surface area contributed by atoms with E-state index >= 15 is 0 Å². The van der Waals surface area contributed by atoms with E-state index in [2.05, 4.69) is 93.6 Å². The Labute approximate surface area is 429 Å². The molecule has 0 radical (unpaired) electrons. The molecule has 0 bridgehead atoms. The molecule has 0 N–H and O–H groups in total. The van der Waals surface area contributed by atoms with Gasteiger partial charge < -0.3 is 23.7 Å². The fraction of sp³-hybridized carbons (Fsp3) is 0. The van der Waals surface area contributed by atoms with Crippen molar-refractivity contribution in [1.82, 2.24) is 9.55 Å². The normalized spacial score (nSPS) is 14.4. The van der Waals surface area contributed by atoms with E-state index in [1.807, 2.05) is 78.9 Å². The summed E-state index contributed by atoms with van der Waals surface area (Å²) in [6.45, 7) is 0. The van der Waals surface area contributed by atoms with E-state index in [0.717, 1.165) is 39.6 Å². The number of pyridine rings is 1. The quantitative estimate of drug-likeness (QED) is 0.0862. The van der Waals surface area contributed by atoms with E-state index in [4.69, 9.17) is 23.4 Å². The van der Waals surface area contributed by atoms with Crippen LogP contribution in [0.15, 0.2) is 236 Å². The third-order valence-electron chi connectivity index (χ3n) is 12.2. The second-order valence-electron chi connectivity index (χ2n) is 16.0. The zero-order valence-corrected chi connectivity index (χ0v) is 38.5. The number of imidazole rings is 1. The predicted octanol–water partition coefficient (Wildman–Crippen LogP) is 13.9. The maximum absolute atomic E-state index is 9.07. The van der Waals surface area contributed by atoms with Gasteiger partial charge in [-0.25, -0.2) is 4.98 Å². The summed E-state index contributed by atoms with van der Waals surface area (Å²) in [5, 5.41) is 0. The molecule has 2 aliphatic heterocycles. The molecule has 2 aliphatic rings. The Morgan fingerprint density at radius 2 is 1.12 bits per heavy atom. The van der Waals surface area contributed by atoms with Crippen molar-refractivity contribution in [3.05, 3.63) is 255 Å². The minimum absolute atomic E-state index is 0. The van der Waals surface area contributed by atoms with Crippen LogP contribution in [0.5, 0.6) is 11.5 Å². The topological polar surface area (TPSA) is 40.7 Å². The second-order valence-corrected chi connectivity index (χ2v) is 16.0. The van der Waals surface area contributed by atoms with Gasteiger partial charge in [0, 0.05) is 67.0 Å². The summed E-state index contributed by atoms with van der Waals surface area (Å²) >= 11 is 0. The van der Waals surface area contributed by atoms with E-state index in [9.17, 15) is 0 Å². The fourth-order valence-corrected chi connectivity index (χ4v) is 9.38. The molecule has 0 unspecified atom stereocenters. The molecule has 0 atom stereocenters. The molecule has 2 aromatic heterocycles. The van der Waals surface area contributed by atoms with Gasteiger partial charge in [-0.15, -0.1) is 30.3 Å². The average molecular weight is 1080 g/mol. The molecule has 0 spiro atoms. The Hall–Kier alpha value is -8.45. The first-order chi connectivity index (χ1) is 37.9. The molecular formula is C60H39BN6OPt-2. The van der Waals surface area contributed by atoms with Gasteiger partial charge in [-0.2, -0.15) is 12.1 Å². The first-order valence-electron chi connectivity index (χ1n) is 26.9. The van der Waals surface area contributed by atoms with Crippen molar-refractivity contribution in [3.8, 4) is 56.3 Å². The van der Waals surface area contributed by atoms with Crippen LogP contribution in [0.25, 0.3) is 55.8 Å². The van der Waals surface area contributed by atoms with E-state index in [-0.39, 0.29) is 49.0 Å². The molecule has 0 saturated carbocycles. The van der Waals surface area contributed by atoms with Crippen molar-refractivity contribution in [2.24, 2.45) is 0 Å². The molecule has 13 rings (SSSR count). The number of hydrogen-bond acceptors (Lipinski definition) is 5. The molecule has 9 aromatic carbocycles. The van der Waals surface area contributed by atoms with Crippen LogP contribution in [0.4, 0.5) is 34.3 Å². The van der Waals surface area contributed by atoms with Gasteiger partial charge >= 0.3 is 7.12 Å². The Bertz CT molecular complexity index is 4120. The van der Waals surface area contributed by atoms with Crippen LogP contribution in [-0.4, -0.2) is 16.7 Å². The van der Waals surface area contributed by atoms with E-state index in [1.54, 1.807) is 45.7 Å². The van der Waals surface area contributed by atoms with Gasteiger partial charge in [0.05, 0.1) is 30.4 Å². The molecule has 69 heavy (non-hydrogen) atoms. The zero-order chi connectivity index (χ0) is 53.7. The standard InChI is InChI=1S/C60H39BN6O.Pt/c1-4-20-43(21-5-1)49-30-19-31-50(44-22-6-2-7-23-44)60(49)64-42-63(55-34-14-15-35-56(55)64)46-26-18-27-47(40-46)68-48-37-38-57-58(41-48)67(59-36-16-17-39-62-59)61-65(45-24-8-3-9-25-45)53-32-12-10-28-51(53)52-29-11-13-33-54(52)66(57)61;/h1-39H;/q-2;/i1D,2D,4D,5D,6D,7D,20D,21D,22D,23D;. The summed E-state index contributed by atoms with van der Waals surface area (Å²) in [7, 11) is -0.487. The molecule has 7 nitrogen and oxygen atoms in total. The first kappa shape index (κ1) is 32.3. The van der Waals surface area contributed by atoms with Gasteiger partial charge in [-0.05, 0) is 64.3 Å². The van der Waals surface area contributed by atoms with Crippen molar-refractivity contribution in [1.29, 1.82) is 0 Å². The van der Waals surface area contributed by atoms with E-state index in [0.29, 0.717) is 34.0 Å². The SMILES string of the molecule is [2H]c1c([2H])c([2H])c(-c2cccc(-c3c([2H])c([2H])c([2H])c([2H])c3[2H])c2-[n+]2[c-]n(-c3[c-]c(Oc4[c-]c5c(cc4)N4B(N5c5ccccn5)N(c5ccccc5)c5ccccc5-c5ccccc54)ccc3)c3ccccc32)c([2H])c1[2H].[Pt]. The molecule has 4 heterocycles. The Kier molecular flexibility index (Phi) is 8.26. The summed E-state index contributed by atoms with van der Waals surface area (Å²) in [5.41, 5.74) is 8.47. The van der Waals surface area contributed by atoms with Crippen LogP contribution in [0, 0.1) is 18.5 Å². The number of anilines is 6. The summed E-state index contributed by atoms with van der Waals surface area (Å²) < 4.78 is 97.5. The Morgan fingerprint density at radius 1 is 0.507 bits per heavy atom. The smallest absolute Gasteiger partial charge is 0.506 e. The minimum atomic E-state index is -0.577. The van der Waals surface area contributed by atoms with Crippen LogP contribution < -0.4 is 23.7 Å². The third kappa shape index (κ3) is 7.20. The molecule has 0 aliphatic carbocycles. The molecule has 0 fully saturated rings. The summed E-state index contributed by atoms with van der Waals surface area (Å²) in [6, 6.07) is 56.1. The van der Waals surface area contributed by atoms with Crippen LogP contribution >= 0.6 is 0 Å². The Balaban J connectivity index is 0.00000623. The number of rotatable bonds is 8. The van der Waals surface area contributed by atoms with Crippen molar-refractivity contribution in [2.75, 3.05) is 14.4 Å². The van der Waals surface area contributed by atoms with Crippen LogP contribution in [-0.2, 0) is 21.1 Å². The van der Waals surface area contributed by atoms with Crippen LogP contribution in [0.3, 0.4) is 0 Å². The second kappa shape index (κ2) is 17.7. The van der Waals surface area contributed by atoms with Crippen LogP contribution in [0.2, 0.25) is 0 Å². The van der Waals surface area contributed by atoms with Crippen molar-refractivity contribution < 1.29 is 44.1 Å². The van der Waals surface area contributed by atoms with E-state index < -0.39 is 67.5 Å². The summed E-state index contributed by atoms with van der Waals surface area (Å²) in [4.78, 5) is 11.7. The van der Waals surface area contributed by atoms with Crippen LogP contribution in [0.1, 0.15) is 13.7 Å². The minimum Gasteiger partial charge on any atom is -0.510 e. The van der Waals surface area contributed by atoms with Gasteiger partial charge in [0.1, 0.15) is 5.82 Å². The van der Waals surface area contributed by atoms with Gasteiger partial charge in [-0.3, -0.25) is 4.57 Å². The fourth-order valence-electron chi connectivity index (χ4n) is 9.38. The monoisotopic (exact) mass is 1080 g/mol. The molecule has 0 amide bonds. The van der Waals surface area contributed by atoms with E-state index in [1.165, 1.54) is 0 Å². The van der Waals surface area contributed by atoms with Crippen molar-refractivity contribution >= 4 is 52.4 Å². The van der Waals surface area contributed by atoms with Gasteiger partial charge in [0.2, 0.25) is 0 Å². The zero-order valence-electron chi connectivity index (χ0n) is 46.2. The van der Waals surface area contributed by atoms with Crippen molar-refractivity contribution in [2.45, 2.75) is 0 Å². The Morgan fingerprint density at radius 3 is 1.83 bits per heavy atom. The van der Waals surface area contributed by atoms with Gasteiger partial charge in [0.15, 0.2) is 0 Å². The van der Waals surface area contributed by atoms with Crippen molar-refractivity contribution in [3.63, 3.8) is 0 Å². The molecule has 330 valence electrons. The predicted molar refractivity (Wildman–Crippen MR) is 273 cm³/mol. The van der Waals surface area contributed by atoms with Gasteiger partial charge in [-0.1, -0.05) is 175 Å². The number of aromatic nitrogens is 3. The summed E-state index contributed by atoms with van der Waals surface area (Å²) in [5.74, 6) is 1.42. The third-order valence-corrected chi connectivity index (χ3v) is 12.2. The molecule has 11 aromatic rings. The number of benzene rings is 9. The number of nitrogens with zero attached hydrogens (tertiary/aromatic N) is 6. The largest absolute Gasteiger partial charge is 0.510 e. The molecule has 0 saturated heterocycles. The average Bonchev–Trinajstić information content (AvgIpc) is 4.23. The number of ether oxygens (including phenoxy) is 1. The first-order valence-corrected chi connectivity index (χ1v) is 21.9. The number of hydrogen-bond donors (Lipinski definition) is 0. The molecular weight excluding hydrogens is 1030 g/mol. The van der Waals surface area contributed by atoms with Gasteiger partial charge in [0.25, 0.3) is 6.33 Å². The maximum atomic E-state index is 9.07. The summed E-state index contributed by atoms with van der Waals surface area (Å²) in [6.07, 6.45) is 5.20.